The second-order valence-electron chi connectivity index (χ2n) is 6.51. The quantitative estimate of drug-likeness (QED) is 0.703. The van der Waals surface area contributed by atoms with E-state index in [-0.39, 0.29) is 5.91 Å². The van der Waals surface area contributed by atoms with Gasteiger partial charge < -0.3 is 5.32 Å². The molecular weight excluding hydrogens is 342 g/mol. The van der Waals surface area contributed by atoms with Gasteiger partial charge in [0.15, 0.2) is 5.13 Å². The number of anilines is 1. The van der Waals surface area contributed by atoms with Crippen LogP contribution in [0.5, 0.6) is 0 Å². The Kier molecular flexibility index (Phi) is 5.15. The number of aromatic nitrogens is 1. The fourth-order valence-corrected chi connectivity index (χ4v) is 3.42. The van der Waals surface area contributed by atoms with Gasteiger partial charge in [0.1, 0.15) is 5.41 Å². The summed E-state index contributed by atoms with van der Waals surface area (Å²) in [5, 5.41) is 12.5. The predicted molar refractivity (Wildman–Crippen MR) is 105 cm³/mol. The number of thiazole rings is 1. The number of hydrogen-bond acceptors (Lipinski definition) is 4. The highest BCUT2D eigenvalue weighted by Crippen LogP contribution is 2.35. The molecule has 0 aliphatic carbocycles. The molecule has 2 aromatic carbocycles. The van der Waals surface area contributed by atoms with Crippen molar-refractivity contribution in [2.75, 3.05) is 5.32 Å². The Labute approximate surface area is 157 Å². The van der Waals surface area contributed by atoms with E-state index in [9.17, 15) is 4.79 Å². The van der Waals surface area contributed by atoms with Gasteiger partial charge >= 0.3 is 0 Å². The molecule has 130 valence electrons. The molecule has 0 radical (unpaired) electrons. The molecule has 1 aromatic heterocycles. The van der Waals surface area contributed by atoms with Crippen molar-refractivity contribution in [3.05, 3.63) is 71.9 Å². The summed E-state index contributed by atoms with van der Waals surface area (Å²) in [6.07, 6.45) is 0.680. The number of carbonyl (C=O) groups excluding carboxylic acids is 1. The summed E-state index contributed by atoms with van der Waals surface area (Å²) < 4.78 is 0. The first-order chi connectivity index (χ1) is 12.5. The van der Waals surface area contributed by atoms with Gasteiger partial charge in [0.2, 0.25) is 5.91 Å². The molecule has 0 aliphatic heterocycles. The van der Waals surface area contributed by atoms with Crippen LogP contribution in [0.1, 0.15) is 25.1 Å². The lowest BCUT2D eigenvalue weighted by molar-refractivity contribution is -0.121. The van der Waals surface area contributed by atoms with Crippen LogP contribution in [0.2, 0.25) is 0 Å². The number of amides is 1. The minimum Gasteiger partial charge on any atom is -0.301 e. The number of hydrogen-bond donors (Lipinski definition) is 1. The van der Waals surface area contributed by atoms with Gasteiger partial charge in [-0.25, -0.2) is 4.98 Å². The minimum absolute atomic E-state index is 0.348. The number of benzene rings is 2. The van der Waals surface area contributed by atoms with Crippen molar-refractivity contribution in [3.63, 3.8) is 0 Å². The van der Waals surface area contributed by atoms with Crippen molar-refractivity contribution in [1.82, 2.24) is 4.98 Å². The largest absolute Gasteiger partial charge is 0.301 e. The summed E-state index contributed by atoms with van der Waals surface area (Å²) in [5.41, 5.74) is 2.04. The van der Waals surface area contributed by atoms with Gasteiger partial charge in [-0.15, -0.1) is 0 Å². The SMILES string of the molecule is CC(C)(C#N)C(=O)Nc1nc(Cc2ccccc2)c(-c2ccccc2)s1. The zero-order chi connectivity index (χ0) is 18.6. The first-order valence-corrected chi connectivity index (χ1v) is 9.13. The van der Waals surface area contributed by atoms with Gasteiger partial charge in [0, 0.05) is 6.42 Å². The van der Waals surface area contributed by atoms with E-state index in [2.05, 4.69) is 22.4 Å². The second-order valence-corrected chi connectivity index (χ2v) is 7.51. The number of carbonyl (C=O) groups is 1. The average molecular weight is 361 g/mol. The van der Waals surface area contributed by atoms with Crippen LogP contribution in [0, 0.1) is 16.7 Å². The molecule has 1 amide bonds. The van der Waals surface area contributed by atoms with E-state index >= 15 is 0 Å². The third kappa shape index (κ3) is 3.98. The lowest BCUT2D eigenvalue weighted by atomic mass is 9.95. The first kappa shape index (κ1) is 17.8. The zero-order valence-electron chi connectivity index (χ0n) is 14.7. The summed E-state index contributed by atoms with van der Waals surface area (Å²) >= 11 is 1.43. The summed E-state index contributed by atoms with van der Waals surface area (Å²) in [4.78, 5) is 18.0. The second kappa shape index (κ2) is 7.51. The molecule has 0 saturated carbocycles. The highest BCUT2D eigenvalue weighted by molar-refractivity contribution is 7.19. The normalized spacial score (nSPS) is 11.0. The van der Waals surface area contributed by atoms with Crippen LogP contribution >= 0.6 is 11.3 Å². The van der Waals surface area contributed by atoms with E-state index in [1.807, 2.05) is 54.6 Å². The third-order valence-corrected chi connectivity index (χ3v) is 5.08. The van der Waals surface area contributed by atoms with Gasteiger partial charge in [-0.1, -0.05) is 72.0 Å². The van der Waals surface area contributed by atoms with Crippen molar-refractivity contribution in [2.45, 2.75) is 20.3 Å². The number of nitrogens with zero attached hydrogens (tertiary/aromatic N) is 2. The van der Waals surface area contributed by atoms with E-state index in [0.717, 1.165) is 21.7 Å². The topological polar surface area (TPSA) is 65.8 Å². The van der Waals surface area contributed by atoms with Crippen molar-refractivity contribution in [1.29, 1.82) is 5.26 Å². The smallest absolute Gasteiger partial charge is 0.246 e. The zero-order valence-corrected chi connectivity index (χ0v) is 15.5. The fourth-order valence-electron chi connectivity index (χ4n) is 2.43. The van der Waals surface area contributed by atoms with E-state index in [4.69, 9.17) is 5.26 Å². The van der Waals surface area contributed by atoms with Crippen LogP contribution < -0.4 is 5.32 Å². The Morgan fingerprint density at radius 1 is 1.12 bits per heavy atom. The molecule has 26 heavy (non-hydrogen) atoms. The highest BCUT2D eigenvalue weighted by atomic mass is 32.1. The maximum Gasteiger partial charge on any atom is 0.246 e. The monoisotopic (exact) mass is 361 g/mol. The Morgan fingerprint density at radius 2 is 1.73 bits per heavy atom. The van der Waals surface area contributed by atoms with Crippen LogP contribution in [-0.2, 0) is 11.2 Å². The average Bonchev–Trinajstić information content (AvgIpc) is 3.05. The van der Waals surface area contributed by atoms with Gasteiger partial charge in [0.25, 0.3) is 0 Å². The molecule has 0 fully saturated rings. The summed E-state index contributed by atoms with van der Waals surface area (Å²) in [6.45, 7) is 3.19. The molecule has 0 atom stereocenters. The number of nitriles is 1. The van der Waals surface area contributed by atoms with E-state index in [1.165, 1.54) is 11.3 Å². The predicted octanol–water partition coefficient (Wildman–Crippen LogP) is 4.89. The summed E-state index contributed by atoms with van der Waals surface area (Å²) in [6, 6.07) is 22.1. The van der Waals surface area contributed by atoms with Gasteiger partial charge in [0.05, 0.1) is 16.6 Å². The van der Waals surface area contributed by atoms with Crippen LogP contribution in [-0.4, -0.2) is 10.9 Å². The Bertz CT molecular complexity index is 940. The summed E-state index contributed by atoms with van der Waals surface area (Å²) in [5.74, 6) is -0.348. The maximum atomic E-state index is 12.3. The minimum atomic E-state index is -1.10. The van der Waals surface area contributed by atoms with Gasteiger partial charge in [-0.05, 0) is 25.0 Å². The molecule has 0 saturated heterocycles. The van der Waals surface area contributed by atoms with Crippen molar-refractivity contribution in [3.8, 4) is 16.5 Å². The molecule has 1 N–H and O–H groups in total. The molecule has 4 nitrogen and oxygen atoms in total. The Morgan fingerprint density at radius 3 is 2.35 bits per heavy atom. The highest BCUT2D eigenvalue weighted by Gasteiger charge is 2.28. The van der Waals surface area contributed by atoms with Crippen molar-refractivity contribution < 1.29 is 4.79 Å². The third-order valence-electron chi connectivity index (χ3n) is 4.02. The molecule has 3 aromatic rings. The molecule has 5 heteroatoms. The molecule has 0 spiro atoms. The summed E-state index contributed by atoms with van der Waals surface area (Å²) in [7, 11) is 0. The van der Waals surface area contributed by atoms with Crippen LogP contribution in [0.3, 0.4) is 0 Å². The van der Waals surface area contributed by atoms with E-state index in [0.29, 0.717) is 11.6 Å². The Balaban J connectivity index is 1.95. The molecule has 0 unspecified atom stereocenters. The lowest BCUT2D eigenvalue weighted by Crippen LogP contribution is -2.29. The Hall–Kier alpha value is -2.97. The number of nitrogens with one attached hydrogen (secondary N) is 1. The van der Waals surface area contributed by atoms with Crippen LogP contribution in [0.15, 0.2) is 60.7 Å². The number of rotatable bonds is 5. The molecule has 0 bridgehead atoms. The van der Waals surface area contributed by atoms with Crippen LogP contribution in [0.25, 0.3) is 10.4 Å². The first-order valence-electron chi connectivity index (χ1n) is 8.31. The van der Waals surface area contributed by atoms with E-state index < -0.39 is 5.41 Å². The van der Waals surface area contributed by atoms with Crippen LogP contribution in [0.4, 0.5) is 5.13 Å². The van der Waals surface area contributed by atoms with Gasteiger partial charge in [-0.2, -0.15) is 5.26 Å². The molecule has 1 heterocycles. The van der Waals surface area contributed by atoms with E-state index in [1.54, 1.807) is 13.8 Å². The molecular formula is C21H19N3OS. The lowest BCUT2D eigenvalue weighted by Gasteiger charge is -2.12. The van der Waals surface area contributed by atoms with Gasteiger partial charge in [-0.3, -0.25) is 4.79 Å². The van der Waals surface area contributed by atoms with Crippen molar-refractivity contribution in [2.24, 2.45) is 5.41 Å². The molecule has 3 rings (SSSR count). The molecule has 0 aliphatic rings. The van der Waals surface area contributed by atoms with Crippen molar-refractivity contribution >= 4 is 22.4 Å². The fraction of sp³-hybridized carbons (Fsp3) is 0.190. The standard InChI is InChI=1S/C21H19N3OS/c1-21(2,14-22)19(25)24-20-23-17(13-15-9-5-3-6-10-15)18(26-20)16-11-7-4-8-12-16/h3-12H,13H2,1-2H3,(H,23,24,25). The maximum absolute atomic E-state index is 12.3.